The van der Waals surface area contributed by atoms with E-state index in [1.54, 1.807) is 6.20 Å². The summed E-state index contributed by atoms with van der Waals surface area (Å²) in [6.45, 7) is 5.60. The number of hydrogen-bond donors (Lipinski definition) is 3. The van der Waals surface area contributed by atoms with E-state index in [1.165, 1.54) is 24.8 Å². The van der Waals surface area contributed by atoms with E-state index < -0.39 is 0 Å². The third-order valence-corrected chi connectivity index (χ3v) is 7.59. The van der Waals surface area contributed by atoms with Gasteiger partial charge in [0.05, 0.1) is 6.20 Å². The van der Waals surface area contributed by atoms with Gasteiger partial charge in [0.2, 0.25) is 5.95 Å². The lowest BCUT2D eigenvalue weighted by molar-refractivity contribution is 0.112. The SMILES string of the molecule is CC1(C)Cc2cccc(CNc3ncc(C#N)c(NCC4C[C@H]5CCC[C@@H](C4)C5N)n3)c2O1. The molecule has 2 aromatic rings. The van der Waals surface area contributed by atoms with Gasteiger partial charge in [0, 0.05) is 31.1 Å². The van der Waals surface area contributed by atoms with Crippen LogP contribution < -0.4 is 21.1 Å². The smallest absolute Gasteiger partial charge is 0.224 e. The number of ether oxygens (including phenoxy) is 1. The predicted molar refractivity (Wildman–Crippen MR) is 129 cm³/mol. The molecule has 4 N–H and O–H groups in total. The van der Waals surface area contributed by atoms with Crippen LogP contribution >= 0.6 is 0 Å². The molecule has 4 atom stereocenters. The standard InChI is InChI=1S/C26H34N6O/c1-26(2)11-19-7-4-8-20(23(19)33-26)14-30-25-31-15-21(12-27)24(32-25)29-13-16-9-17-5-3-6-18(10-16)22(17)28/h4,7-8,15-18,22H,3,5-6,9-11,13-14,28H2,1-2H3,(H2,29,30,31,32)/t16?,17-,18+,22?. The minimum absolute atomic E-state index is 0.179. The van der Waals surface area contributed by atoms with Crippen molar-refractivity contribution in [2.24, 2.45) is 23.5 Å². The van der Waals surface area contributed by atoms with Crippen LogP contribution in [0.1, 0.15) is 62.6 Å². The Labute approximate surface area is 196 Å². The maximum Gasteiger partial charge on any atom is 0.224 e. The number of nitriles is 1. The first-order valence-electron chi connectivity index (χ1n) is 12.2. The molecule has 7 nitrogen and oxygen atoms in total. The highest BCUT2D eigenvalue weighted by Gasteiger charge is 2.38. The molecule has 2 bridgehead atoms. The predicted octanol–water partition coefficient (Wildman–Crippen LogP) is 4.24. The monoisotopic (exact) mass is 446 g/mol. The molecule has 2 unspecified atom stereocenters. The fourth-order valence-corrected chi connectivity index (χ4v) is 6.00. The topological polar surface area (TPSA) is 109 Å². The molecule has 0 amide bonds. The summed E-state index contributed by atoms with van der Waals surface area (Å²) in [6, 6.07) is 8.85. The van der Waals surface area contributed by atoms with Crippen molar-refractivity contribution in [1.29, 1.82) is 5.26 Å². The molecule has 33 heavy (non-hydrogen) atoms. The van der Waals surface area contributed by atoms with Gasteiger partial charge in [-0.25, -0.2) is 4.98 Å². The number of hydrogen-bond acceptors (Lipinski definition) is 7. The van der Waals surface area contributed by atoms with Gasteiger partial charge in [0.25, 0.3) is 0 Å². The number of anilines is 2. The minimum Gasteiger partial charge on any atom is -0.487 e. The molecule has 2 saturated carbocycles. The maximum atomic E-state index is 9.55. The largest absolute Gasteiger partial charge is 0.487 e. The van der Waals surface area contributed by atoms with Crippen molar-refractivity contribution in [3.8, 4) is 11.8 Å². The van der Waals surface area contributed by atoms with Crippen molar-refractivity contribution in [3.63, 3.8) is 0 Å². The third kappa shape index (κ3) is 4.63. The van der Waals surface area contributed by atoms with Gasteiger partial charge in [-0.15, -0.1) is 0 Å². The lowest BCUT2D eigenvalue weighted by Crippen LogP contribution is -2.47. The van der Waals surface area contributed by atoms with Gasteiger partial charge in [0.1, 0.15) is 28.8 Å². The highest BCUT2D eigenvalue weighted by atomic mass is 16.5. The van der Waals surface area contributed by atoms with Gasteiger partial charge in [-0.2, -0.15) is 10.2 Å². The Balaban J connectivity index is 1.24. The number of rotatable bonds is 6. The highest BCUT2D eigenvalue weighted by Crippen LogP contribution is 2.42. The second kappa shape index (κ2) is 8.83. The lowest BCUT2D eigenvalue weighted by atomic mass is 9.65. The van der Waals surface area contributed by atoms with Gasteiger partial charge in [-0.05, 0) is 62.8 Å². The summed E-state index contributed by atoms with van der Waals surface area (Å²) in [5.74, 6) is 3.93. The normalized spacial score (nSPS) is 27.2. The van der Waals surface area contributed by atoms with E-state index in [2.05, 4.69) is 58.7 Å². The summed E-state index contributed by atoms with van der Waals surface area (Å²) in [4.78, 5) is 8.99. The number of fused-ring (bicyclic) bond motifs is 3. The van der Waals surface area contributed by atoms with Crippen LogP contribution in [0.2, 0.25) is 0 Å². The summed E-state index contributed by atoms with van der Waals surface area (Å²) in [7, 11) is 0. The Morgan fingerprint density at radius 1 is 1.21 bits per heavy atom. The quantitative estimate of drug-likeness (QED) is 0.609. The van der Waals surface area contributed by atoms with Gasteiger partial charge < -0.3 is 21.1 Å². The van der Waals surface area contributed by atoms with Gasteiger partial charge in [0.15, 0.2) is 0 Å². The van der Waals surface area contributed by atoms with Crippen LogP contribution in [0.5, 0.6) is 5.75 Å². The Hall–Kier alpha value is -2.85. The van der Waals surface area contributed by atoms with Crippen LogP contribution in [-0.2, 0) is 13.0 Å². The fourth-order valence-electron chi connectivity index (χ4n) is 6.00. The summed E-state index contributed by atoms with van der Waals surface area (Å²) in [5, 5.41) is 16.3. The Morgan fingerprint density at radius 3 is 2.76 bits per heavy atom. The van der Waals surface area contributed by atoms with Crippen LogP contribution in [0.3, 0.4) is 0 Å². The number of nitrogens with two attached hydrogens (primary N) is 1. The van der Waals surface area contributed by atoms with E-state index in [0.717, 1.165) is 37.1 Å². The fraction of sp³-hybridized carbons (Fsp3) is 0.577. The first kappa shape index (κ1) is 22.0. The Bertz CT molecular complexity index is 1050. The van der Waals surface area contributed by atoms with Crippen molar-refractivity contribution < 1.29 is 4.74 Å². The van der Waals surface area contributed by atoms with Crippen molar-refractivity contribution in [2.45, 2.75) is 70.6 Å². The van der Waals surface area contributed by atoms with Crippen LogP contribution in [-0.4, -0.2) is 28.2 Å². The minimum atomic E-state index is -0.179. The van der Waals surface area contributed by atoms with Crippen molar-refractivity contribution in [1.82, 2.24) is 9.97 Å². The molecule has 2 heterocycles. The molecule has 0 saturated heterocycles. The molecule has 1 aromatic carbocycles. The van der Waals surface area contributed by atoms with Crippen LogP contribution in [0.25, 0.3) is 0 Å². The number of para-hydroxylation sites is 1. The number of benzene rings is 1. The number of nitrogens with one attached hydrogen (secondary N) is 2. The lowest BCUT2D eigenvalue weighted by Gasteiger charge is -2.44. The molecule has 5 rings (SSSR count). The van der Waals surface area contributed by atoms with Gasteiger partial charge in [-0.3, -0.25) is 0 Å². The molecule has 0 radical (unpaired) electrons. The van der Waals surface area contributed by atoms with E-state index in [-0.39, 0.29) is 5.60 Å². The molecule has 7 heteroatoms. The Morgan fingerprint density at radius 2 is 2.00 bits per heavy atom. The van der Waals surface area contributed by atoms with Gasteiger partial charge >= 0.3 is 0 Å². The maximum absolute atomic E-state index is 9.55. The van der Waals surface area contributed by atoms with Gasteiger partial charge in [-0.1, -0.05) is 24.6 Å². The van der Waals surface area contributed by atoms with E-state index in [0.29, 0.717) is 47.7 Å². The molecule has 0 spiro atoms. The molecule has 1 aliphatic heterocycles. The summed E-state index contributed by atoms with van der Waals surface area (Å²) in [5.41, 5.74) is 9.06. The van der Waals surface area contributed by atoms with E-state index in [4.69, 9.17) is 10.5 Å². The first-order valence-corrected chi connectivity index (χ1v) is 12.2. The second-order valence-electron chi connectivity index (χ2n) is 10.6. The van der Waals surface area contributed by atoms with E-state index in [9.17, 15) is 5.26 Å². The average Bonchev–Trinajstić information content (AvgIpc) is 3.11. The zero-order valence-electron chi connectivity index (χ0n) is 19.6. The summed E-state index contributed by atoms with van der Waals surface area (Å²) < 4.78 is 6.17. The zero-order valence-corrected chi connectivity index (χ0v) is 19.6. The second-order valence-corrected chi connectivity index (χ2v) is 10.6. The molecule has 3 aliphatic rings. The number of aromatic nitrogens is 2. The molecule has 174 valence electrons. The molecule has 2 aliphatic carbocycles. The zero-order chi connectivity index (χ0) is 23.0. The number of nitrogens with zero attached hydrogens (tertiary/aromatic N) is 3. The molecular weight excluding hydrogens is 412 g/mol. The average molecular weight is 447 g/mol. The van der Waals surface area contributed by atoms with Crippen molar-refractivity contribution in [2.75, 3.05) is 17.2 Å². The highest BCUT2D eigenvalue weighted by molar-refractivity contribution is 5.54. The Kier molecular flexibility index (Phi) is 5.88. The van der Waals surface area contributed by atoms with Crippen LogP contribution in [0.15, 0.2) is 24.4 Å². The first-order chi connectivity index (χ1) is 15.9. The van der Waals surface area contributed by atoms with E-state index >= 15 is 0 Å². The van der Waals surface area contributed by atoms with Crippen LogP contribution in [0.4, 0.5) is 11.8 Å². The van der Waals surface area contributed by atoms with Crippen molar-refractivity contribution >= 4 is 11.8 Å². The summed E-state index contributed by atoms with van der Waals surface area (Å²) in [6.07, 6.45) is 8.66. The summed E-state index contributed by atoms with van der Waals surface area (Å²) >= 11 is 0. The third-order valence-electron chi connectivity index (χ3n) is 7.59. The van der Waals surface area contributed by atoms with Crippen LogP contribution in [0, 0.1) is 29.1 Å². The molecule has 2 fully saturated rings. The van der Waals surface area contributed by atoms with E-state index in [1.807, 2.05) is 0 Å². The van der Waals surface area contributed by atoms with Crippen molar-refractivity contribution in [3.05, 3.63) is 41.1 Å². The molecule has 1 aromatic heterocycles. The molecular formula is C26H34N6O.